The smallest absolute Gasteiger partial charge is 0.258 e. The van der Waals surface area contributed by atoms with E-state index in [4.69, 9.17) is 10.2 Å². The number of fused-ring (bicyclic) bond motifs is 1. The minimum absolute atomic E-state index is 0.188. The van der Waals surface area contributed by atoms with Gasteiger partial charge >= 0.3 is 0 Å². The minimum Gasteiger partial charge on any atom is -0.467 e. The number of nitrogens with one attached hydrogen (secondary N) is 1. The van der Waals surface area contributed by atoms with Crippen molar-refractivity contribution >= 4 is 22.3 Å². The van der Waals surface area contributed by atoms with Crippen LogP contribution in [0.1, 0.15) is 12.7 Å². The van der Waals surface area contributed by atoms with E-state index in [0.29, 0.717) is 23.1 Å². The van der Waals surface area contributed by atoms with Gasteiger partial charge in [0.05, 0.1) is 41.4 Å². The number of anilines is 2. The largest absolute Gasteiger partial charge is 0.467 e. The Morgan fingerprint density at radius 1 is 1.43 bits per heavy atom. The highest BCUT2D eigenvalue weighted by Gasteiger charge is 2.13. The zero-order valence-corrected chi connectivity index (χ0v) is 11.7. The van der Waals surface area contributed by atoms with E-state index >= 15 is 0 Å². The van der Waals surface area contributed by atoms with Crippen molar-refractivity contribution in [1.29, 1.82) is 0 Å². The molecule has 0 radical (unpaired) electrons. The summed E-state index contributed by atoms with van der Waals surface area (Å²) in [7, 11) is 0. The van der Waals surface area contributed by atoms with Gasteiger partial charge in [-0.25, -0.2) is 4.98 Å². The molecule has 108 valence electrons. The summed E-state index contributed by atoms with van der Waals surface area (Å²) in [6.07, 6.45) is 3.04. The summed E-state index contributed by atoms with van der Waals surface area (Å²) in [6, 6.07) is 7.28. The van der Waals surface area contributed by atoms with E-state index in [2.05, 4.69) is 14.9 Å². The number of nitrogen functional groups attached to an aromatic ring is 1. The Bertz CT molecular complexity index is 808. The van der Waals surface area contributed by atoms with Gasteiger partial charge in [-0.1, -0.05) is 0 Å². The SMILES string of the molecule is CCN(Cc1ccco1)c1cc2nc[nH]c(=O)c2cc1N. The highest BCUT2D eigenvalue weighted by molar-refractivity contribution is 5.88. The lowest BCUT2D eigenvalue weighted by molar-refractivity contribution is 0.504. The quantitative estimate of drug-likeness (QED) is 0.716. The first-order chi connectivity index (χ1) is 10.2. The zero-order valence-electron chi connectivity index (χ0n) is 11.7. The molecular formula is C15H16N4O2. The average molecular weight is 284 g/mol. The van der Waals surface area contributed by atoms with Crippen molar-refractivity contribution in [3.05, 3.63) is 53.0 Å². The molecule has 6 nitrogen and oxygen atoms in total. The molecule has 0 aliphatic rings. The number of rotatable bonds is 4. The molecule has 6 heteroatoms. The summed E-state index contributed by atoms with van der Waals surface area (Å²) in [4.78, 5) is 20.6. The van der Waals surface area contributed by atoms with Crippen LogP contribution in [0.25, 0.3) is 10.9 Å². The highest BCUT2D eigenvalue weighted by atomic mass is 16.3. The number of nitrogens with zero attached hydrogens (tertiary/aromatic N) is 2. The fraction of sp³-hybridized carbons (Fsp3) is 0.200. The summed E-state index contributed by atoms with van der Waals surface area (Å²) in [5.74, 6) is 0.857. The molecule has 0 fully saturated rings. The van der Waals surface area contributed by atoms with E-state index in [1.807, 2.05) is 25.1 Å². The lowest BCUT2D eigenvalue weighted by Gasteiger charge is -2.23. The Kier molecular flexibility index (Phi) is 3.35. The molecule has 0 bridgehead atoms. The van der Waals surface area contributed by atoms with Crippen molar-refractivity contribution in [1.82, 2.24) is 9.97 Å². The van der Waals surface area contributed by atoms with E-state index in [-0.39, 0.29) is 5.56 Å². The number of benzene rings is 1. The molecule has 0 atom stereocenters. The van der Waals surface area contributed by atoms with Crippen LogP contribution in [0.15, 0.2) is 46.1 Å². The van der Waals surface area contributed by atoms with Gasteiger partial charge in [-0.05, 0) is 31.2 Å². The fourth-order valence-electron chi connectivity index (χ4n) is 2.35. The molecule has 0 spiro atoms. The molecule has 0 saturated carbocycles. The maximum Gasteiger partial charge on any atom is 0.258 e. The molecule has 0 unspecified atom stereocenters. The minimum atomic E-state index is -0.188. The molecule has 1 aromatic carbocycles. The van der Waals surface area contributed by atoms with E-state index in [1.165, 1.54) is 6.33 Å². The van der Waals surface area contributed by atoms with Crippen molar-refractivity contribution in [2.45, 2.75) is 13.5 Å². The first-order valence-electron chi connectivity index (χ1n) is 6.73. The molecular weight excluding hydrogens is 268 g/mol. The number of aromatic amines is 1. The van der Waals surface area contributed by atoms with Crippen LogP contribution >= 0.6 is 0 Å². The summed E-state index contributed by atoms with van der Waals surface area (Å²) in [5, 5.41) is 0.493. The maximum absolute atomic E-state index is 11.8. The number of aromatic nitrogens is 2. The second-order valence-electron chi connectivity index (χ2n) is 4.75. The van der Waals surface area contributed by atoms with Crippen LogP contribution in [-0.2, 0) is 6.54 Å². The summed E-state index contributed by atoms with van der Waals surface area (Å²) >= 11 is 0. The van der Waals surface area contributed by atoms with Gasteiger partial charge < -0.3 is 20.0 Å². The van der Waals surface area contributed by atoms with Crippen LogP contribution in [0.5, 0.6) is 0 Å². The average Bonchev–Trinajstić information content (AvgIpc) is 2.98. The normalized spacial score (nSPS) is 10.9. The van der Waals surface area contributed by atoms with Gasteiger partial charge in [0.15, 0.2) is 0 Å². The van der Waals surface area contributed by atoms with Gasteiger partial charge in [-0.15, -0.1) is 0 Å². The molecule has 0 aliphatic carbocycles. The van der Waals surface area contributed by atoms with Crippen molar-refractivity contribution in [3.8, 4) is 0 Å². The Balaban J connectivity index is 2.05. The first-order valence-corrected chi connectivity index (χ1v) is 6.73. The van der Waals surface area contributed by atoms with Crippen molar-refractivity contribution < 1.29 is 4.42 Å². The van der Waals surface area contributed by atoms with Gasteiger partial charge in [0.1, 0.15) is 5.76 Å². The number of hydrogen-bond donors (Lipinski definition) is 2. The zero-order chi connectivity index (χ0) is 14.8. The first kappa shape index (κ1) is 13.2. The van der Waals surface area contributed by atoms with Gasteiger partial charge in [0.2, 0.25) is 0 Å². The topological polar surface area (TPSA) is 88.2 Å². The van der Waals surface area contributed by atoms with Crippen molar-refractivity contribution in [2.75, 3.05) is 17.2 Å². The summed E-state index contributed by atoms with van der Waals surface area (Å²) in [6.45, 7) is 3.42. The van der Waals surface area contributed by atoms with Crippen LogP contribution in [-0.4, -0.2) is 16.5 Å². The van der Waals surface area contributed by atoms with Gasteiger partial charge in [-0.3, -0.25) is 4.79 Å². The van der Waals surface area contributed by atoms with E-state index in [9.17, 15) is 4.79 Å². The van der Waals surface area contributed by atoms with E-state index in [0.717, 1.165) is 18.0 Å². The molecule has 0 aliphatic heterocycles. The van der Waals surface area contributed by atoms with Gasteiger partial charge in [0, 0.05) is 6.54 Å². The molecule has 3 aromatic rings. The van der Waals surface area contributed by atoms with E-state index < -0.39 is 0 Å². The van der Waals surface area contributed by atoms with Crippen molar-refractivity contribution in [3.63, 3.8) is 0 Å². The highest BCUT2D eigenvalue weighted by Crippen LogP contribution is 2.28. The number of H-pyrrole nitrogens is 1. The number of hydrogen-bond acceptors (Lipinski definition) is 5. The third-order valence-electron chi connectivity index (χ3n) is 3.44. The molecule has 2 heterocycles. The van der Waals surface area contributed by atoms with Gasteiger partial charge in [-0.2, -0.15) is 0 Å². The van der Waals surface area contributed by atoms with Crippen LogP contribution in [0.3, 0.4) is 0 Å². The Labute approximate surface area is 121 Å². The van der Waals surface area contributed by atoms with Crippen LogP contribution in [0.2, 0.25) is 0 Å². The molecule has 0 saturated heterocycles. The lowest BCUT2D eigenvalue weighted by atomic mass is 10.1. The number of furan rings is 1. The maximum atomic E-state index is 11.8. The Hall–Kier alpha value is -2.76. The lowest BCUT2D eigenvalue weighted by Crippen LogP contribution is -2.23. The second-order valence-corrected chi connectivity index (χ2v) is 4.75. The van der Waals surface area contributed by atoms with E-state index in [1.54, 1.807) is 12.3 Å². The van der Waals surface area contributed by atoms with Crippen LogP contribution in [0.4, 0.5) is 11.4 Å². The molecule has 3 N–H and O–H groups in total. The predicted molar refractivity (Wildman–Crippen MR) is 82.2 cm³/mol. The molecule has 21 heavy (non-hydrogen) atoms. The monoisotopic (exact) mass is 284 g/mol. The number of nitrogens with two attached hydrogens (primary N) is 1. The third-order valence-corrected chi connectivity index (χ3v) is 3.44. The third kappa shape index (κ3) is 2.47. The Morgan fingerprint density at radius 2 is 2.29 bits per heavy atom. The van der Waals surface area contributed by atoms with Crippen molar-refractivity contribution in [2.24, 2.45) is 0 Å². The predicted octanol–water partition coefficient (Wildman–Crippen LogP) is 2.12. The van der Waals surface area contributed by atoms with Crippen LogP contribution in [0, 0.1) is 0 Å². The standard InChI is InChI=1S/C15H16N4O2/c1-2-19(8-10-4-3-5-21-10)14-7-13-11(6-12(14)16)15(20)18-9-17-13/h3-7,9H,2,8,16H2,1H3,(H,17,18,20). The summed E-state index contributed by atoms with van der Waals surface area (Å²) in [5.41, 5.74) is 7.94. The molecule has 3 rings (SSSR count). The second kappa shape index (κ2) is 5.32. The summed E-state index contributed by atoms with van der Waals surface area (Å²) < 4.78 is 5.38. The Morgan fingerprint density at radius 3 is 3.00 bits per heavy atom. The van der Waals surface area contributed by atoms with Crippen LogP contribution < -0.4 is 16.2 Å². The molecule has 0 amide bonds. The fourth-order valence-corrected chi connectivity index (χ4v) is 2.35. The molecule has 2 aromatic heterocycles. The van der Waals surface area contributed by atoms with Gasteiger partial charge in [0.25, 0.3) is 5.56 Å².